The van der Waals surface area contributed by atoms with Crippen LogP contribution >= 0.6 is 0 Å². The van der Waals surface area contributed by atoms with Crippen molar-refractivity contribution in [1.29, 1.82) is 0 Å². The van der Waals surface area contributed by atoms with E-state index >= 15 is 0 Å². The standard InChI is InChI=1S/C14H23BFNO2/c1-4-11(3)9-17(5-2)10-12-6-13(15(18)19)8-14(16)7-12/h6-8,11,18-19H,4-5,9-10H2,1-3H3. The van der Waals surface area contributed by atoms with Crippen LogP contribution in [0, 0.1) is 11.7 Å². The average Bonchev–Trinajstić information content (AvgIpc) is 2.36. The van der Waals surface area contributed by atoms with Gasteiger partial charge in [0.15, 0.2) is 0 Å². The summed E-state index contributed by atoms with van der Waals surface area (Å²) in [6.07, 6.45) is 1.11. The highest BCUT2D eigenvalue weighted by molar-refractivity contribution is 6.58. The van der Waals surface area contributed by atoms with Crippen molar-refractivity contribution in [3.8, 4) is 0 Å². The summed E-state index contributed by atoms with van der Waals surface area (Å²) in [5.74, 6) is 0.164. The van der Waals surface area contributed by atoms with Gasteiger partial charge in [0.1, 0.15) is 5.82 Å². The van der Waals surface area contributed by atoms with E-state index in [2.05, 4.69) is 25.7 Å². The van der Waals surface area contributed by atoms with Gasteiger partial charge < -0.3 is 10.0 Å². The lowest BCUT2D eigenvalue weighted by molar-refractivity contribution is 0.238. The van der Waals surface area contributed by atoms with Crippen LogP contribution in [0.1, 0.15) is 32.8 Å². The van der Waals surface area contributed by atoms with E-state index in [9.17, 15) is 4.39 Å². The zero-order valence-corrected chi connectivity index (χ0v) is 11.9. The van der Waals surface area contributed by atoms with Gasteiger partial charge in [0.25, 0.3) is 0 Å². The molecule has 0 radical (unpaired) electrons. The van der Waals surface area contributed by atoms with E-state index in [0.29, 0.717) is 12.5 Å². The van der Waals surface area contributed by atoms with Gasteiger partial charge in [-0.1, -0.05) is 33.3 Å². The lowest BCUT2D eigenvalue weighted by atomic mass is 9.79. The fraction of sp³-hybridized carbons (Fsp3) is 0.571. The molecule has 0 saturated carbocycles. The van der Waals surface area contributed by atoms with Crippen LogP contribution in [0.2, 0.25) is 0 Å². The van der Waals surface area contributed by atoms with E-state index in [1.54, 1.807) is 6.07 Å². The van der Waals surface area contributed by atoms with E-state index < -0.39 is 12.9 Å². The molecule has 0 saturated heterocycles. The largest absolute Gasteiger partial charge is 0.488 e. The fourth-order valence-electron chi connectivity index (χ4n) is 2.05. The summed E-state index contributed by atoms with van der Waals surface area (Å²) in [5.41, 5.74) is 0.975. The Hall–Kier alpha value is -0.905. The molecular formula is C14H23BFNO2. The molecule has 0 aliphatic heterocycles. The molecule has 0 spiro atoms. The highest BCUT2D eigenvalue weighted by Crippen LogP contribution is 2.10. The summed E-state index contributed by atoms with van der Waals surface area (Å²) in [4.78, 5) is 2.23. The smallest absolute Gasteiger partial charge is 0.423 e. The van der Waals surface area contributed by atoms with E-state index in [-0.39, 0.29) is 5.46 Å². The fourth-order valence-corrected chi connectivity index (χ4v) is 2.05. The number of halogens is 1. The zero-order valence-electron chi connectivity index (χ0n) is 11.9. The minimum Gasteiger partial charge on any atom is -0.423 e. The summed E-state index contributed by atoms with van der Waals surface area (Å²) in [5, 5.41) is 18.2. The third-order valence-corrected chi connectivity index (χ3v) is 3.40. The average molecular weight is 267 g/mol. The summed E-state index contributed by atoms with van der Waals surface area (Å²) in [6, 6.07) is 4.25. The van der Waals surface area contributed by atoms with E-state index in [0.717, 1.165) is 31.1 Å². The molecule has 1 aromatic carbocycles. The highest BCUT2D eigenvalue weighted by atomic mass is 19.1. The Morgan fingerprint density at radius 3 is 2.47 bits per heavy atom. The summed E-state index contributed by atoms with van der Waals surface area (Å²) >= 11 is 0. The van der Waals surface area contributed by atoms with Gasteiger partial charge >= 0.3 is 7.12 Å². The molecule has 0 aliphatic rings. The molecule has 0 fully saturated rings. The van der Waals surface area contributed by atoms with Crippen LogP contribution in [-0.2, 0) is 6.54 Å². The second kappa shape index (κ2) is 7.63. The van der Waals surface area contributed by atoms with Gasteiger partial charge in [-0.15, -0.1) is 0 Å². The van der Waals surface area contributed by atoms with Gasteiger partial charge in [0.05, 0.1) is 0 Å². The van der Waals surface area contributed by atoms with Crippen LogP contribution in [0.15, 0.2) is 18.2 Å². The number of hydrogen-bond acceptors (Lipinski definition) is 3. The molecular weight excluding hydrogens is 244 g/mol. The molecule has 0 heterocycles. The first-order chi connectivity index (χ1) is 8.96. The maximum absolute atomic E-state index is 13.4. The first-order valence-electron chi connectivity index (χ1n) is 6.84. The zero-order chi connectivity index (χ0) is 14.4. The molecule has 19 heavy (non-hydrogen) atoms. The van der Waals surface area contributed by atoms with Gasteiger partial charge in [0.2, 0.25) is 0 Å². The Morgan fingerprint density at radius 1 is 1.26 bits per heavy atom. The van der Waals surface area contributed by atoms with E-state index in [1.165, 1.54) is 6.07 Å². The third-order valence-electron chi connectivity index (χ3n) is 3.40. The molecule has 1 atom stereocenters. The molecule has 1 aromatic rings. The predicted molar refractivity (Wildman–Crippen MR) is 76.6 cm³/mol. The van der Waals surface area contributed by atoms with Crippen molar-refractivity contribution in [2.45, 2.75) is 33.7 Å². The van der Waals surface area contributed by atoms with Crippen LogP contribution in [0.3, 0.4) is 0 Å². The van der Waals surface area contributed by atoms with Crippen molar-refractivity contribution in [2.24, 2.45) is 5.92 Å². The summed E-state index contributed by atoms with van der Waals surface area (Å²) in [7, 11) is -1.63. The minimum absolute atomic E-state index is 0.203. The molecule has 0 aromatic heterocycles. The molecule has 106 valence electrons. The Labute approximate surface area is 115 Å². The number of rotatable bonds is 7. The normalized spacial score (nSPS) is 12.8. The number of nitrogens with zero attached hydrogens (tertiary/aromatic N) is 1. The van der Waals surface area contributed by atoms with E-state index in [1.807, 2.05) is 0 Å². The van der Waals surface area contributed by atoms with Crippen molar-refractivity contribution < 1.29 is 14.4 Å². The molecule has 5 heteroatoms. The van der Waals surface area contributed by atoms with Crippen molar-refractivity contribution in [1.82, 2.24) is 4.90 Å². The Bertz CT molecular complexity index is 401. The van der Waals surface area contributed by atoms with Gasteiger partial charge in [-0.25, -0.2) is 4.39 Å². The molecule has 1 unspecified atom stereocenters. The molecule has 0 amide bonds. The SMILES string of the molecule is CCC(C)CN(CC)Cc1cc(F)cc(B(O)O)c1. The lowest BCUT2D eigenvalue weighted by Gasteiger charge is -2.24. The quantitative estimate of drug-likeness (QED) is 0.733. The molecule has 1 rings (SSSR count). The van der Waals surface area contributed by atoms with Crippen LogP contribution in [0.4, 0.5) is 4.39 Å². The Kier molecular flexibility index (Phi) is 6.48. The number of benzene rings is 1. The van der Waals surface area contributed by atoms with Gasteiger partial charge in [-0.3, -0.25) is 4.90 Å². The molecule has 0 bridgehead atoms. The first-order valence-corrected chi connectivity index (χ1v) is 6.84. The van der Waals surface area contributed by atoms with Crippen molar-refractivity contribution in [3.05, 3.63) is 29.6 Å². The van der Waals surface area contributed by atoms with Crippen molar-refractivity contribution in [2.75, 3.05) is 13.1 Å². The number of hydrogen-bond donors (Lipinski definition) is 2. The van der Waals surface area contributed by atoms with E-state index in [4.69, 9.17) is 10.0 Å². The van der Waals surface area contributed by atoms with Crippen LogP contribution in [-0.4, -0.2) is 35.2 Å². The van der Waals surface area contributed by atoms with Crippen molar-refractivity contribution in [3.63, 3.8) is 0 Å². The third kappa shape index (κ3) is 5.31. The monoisotopic (exact) mass is 267 g/mol. The van der Waals surface area contributed by atoms with Crippen molar-refractivity contribution >= 4 is 12.6 Å². The molecule has 3 nitrogen and oxygen atoms in total. The second-order valence-corrected chi connectivity index (χ2v) is 5.11. The van der Waals surface area contributed by atoms with Gasteiger partial charge in [-0.2, -0.15) is 0 Å². The maximum atomic E-state index is 13.4. The second-order valence-electron chi connectivity index (χ2n) is 5.11. The minimum atomic E-state index is -1.63. The highest BCUT2D eigenvalue weighted by Gasteiger charge is 2.15. The summed E-state index contributed by atoms with van der Waals surface area (Å²) in [6.45, 7) is 8.89. The van der Waals surface area contributed by atoms with Gasteiger partial charge in [0, 0.05) is 13.1 Å². The Balaban J connectivity index is 2.79. The van der Waals surface area contributed by atoms with Gasteiger partial charge in [-0.05, 0) is 35.6 Å². The Morgan fingerprint density at radius 2 is 1.95 bits per heavy atom. The van der Waals surface area contributed by atoms with Crippen LogP contribution in [0.5, 0.6) is 0 Å². The molecule has 2 N–H and O–H groups in total. The first kappa shape index (κ1) is 16.2. The molecule has 0 aliphatic carbocycles. The summed E-state index contributed by atoms with van der Waals surface area (Å²) < 4.78 is 13.4. The lowest BCUT2D eigenvalue weighted by Crippen LogP contribution is -2.32. The predicted octanol–water partition coefficient (Wildman–Crippen LogP) is 1.37. The van der Waals surface area contributed by atoms with Crippen LogP contribution < -0.4 is 5.46 Å². The maximum Gasteiger partial charge on any atom is 0.488 e. The van der Waals surface area contributed by atoms with Crippen LogP contribution in [0.25, 0.3) is 0 Å². The topological polar surface area (TPSA) is 43.7 Å².